The largest absolute Gasteiger partial charge is 0.366 e. The molecule has 2 heterocycles. The molecule has 3 N–H and O–H groups in total. The third-order valence-electron chi connectivity index (χ3n) is 3.41. The zero-order valence-corrected chi connectivity index (χ0v) is 17.1. The number of benzene rings is 1. The second kappa shape index (κ2) is 7.85. The number of nitrogens with one attached hydrogen (secondary N) is 1. The van der Waals surface area contributed by atoms with Crippen molar-refractivity contribution in [3.63, 3.8) is 0 Å². The minimum atomic E-state index is -0.794. The highest BCUT2D eigenvalue weighted by atomic mass is 79.9. The van der Waals surface area contributed by atoms with E-state index in [1.807, 2.05) is 0 Å². The number of anilines is 1. The minimum absolute atomic E-state index is 0.0261. The molecule has 0 aliphatic carbocycles. The molecule has 0 radical (unpaired) electrons. The fourth-order valence-electron chi connectivity index (χ4n) is 2.28. The van der Waals surface area contributed by atoms with Gasteiger partial charge in [0.05, 0.1) is 21.3 Å². The number of nitrogens with two attached hydrogens (primary N) is 1. The number of aromatic nitrogens is 3. The minimum Gasteiger partial charge on any atom is -0.366 e. The first-order valence-electron chi connectivity index (χ1n) is 7.24. The SMILES string of the molecule is NC(=O)c1cc(Cl)cc(Cl)c1NC(=O)c1cc(Br)nn1-c1ncccc1Cl. The molecule has 0 bridgehead atoms. The molecule has 0 fully saturated rings. The van der Waals surface area contributed by atoms with E-state index >= 15 is 0 Å². The quantitative estimate of drug-likeness (QED) is 0.569. The van der Waals surface area contributed by atoms with Gasteiger partial charge in [0.1, 0.15) is 10.3 Å². The first-order valence-corrected chi connectivity index (χ1v) is 9.17. The van der Waals surface area contributed by atoms with E-state index in [4.69, 9.17) is 40.5 Å². The standard InChI is InChI=1S/C16H9BrCl3N5O2/c17-12-6-11(25(24-12)15-9(19)2-1-3-22-15)16(27)23-13-8(14(21)26)4-7(18)5-10(13)20/h1-6H,(H2,21,26)(H,23,27). The Labute approximate surface area is 176 Å². The second-order valence-electron chi connectivity index (χ2n) is 5.20. The summed E-state index contributed by atoms with van der Waals surface area (Å²) in [4.78, 5) is 28.7. The van der Waals surface area contributed by atoms with Crippen LogP contribution >= 0.6 is 50.7 Å². The molecule has 11 heteroatoms. The lowest BCUT2D eigenvalue weighted by Crippen LogP contribution is -2.21. The van der Waals surface area contributed by atoms with Gasteiger partial charge in [-0.1, -0.05) is 34.8 Å². The van der Waals surface area contributed by atoms with E-state index in [-0.39, 0.29) is 32.8 Å². The van der Waals surface area contributed by atoms with Crippen LogP contribution in [-0.2, 0) is 0 Å². The van der Waals surface area contributed by atoms with Gasteiger partial charge >= 0.3 is 0 Å². The summed E-state index contributed by atoms with van der Waals surface area (Å²) < 4.78 is 1.64. The van der Waals surface area contributed by atoms with E-state index in [2.05, 4.69) is 31.3 Å². The number of halogens is 4. The van der Waals surface area contributed by atoms with Crippen LogP contribution in [0, 0.1) is 0 Å². The monoisotopic (exact) mass is 487 g/mol. The van der Waals surface area contributed by atoms with Crippen molar-refractivity contribution in [2.75, 3.05) is 5.32 Å². The van der Waals surface area contributed by atoms with Gasteiger partial charge in [-0.3, -0.25) is 9.59 Å². The lowest BCUT2D eigenvalue weighted by atomic mass is 10.1. The zero-order valence-electron chi connectivity index (χ0n) is 13.2. The van der Waals surface area contributed by atoms with Crippen LogP contribution in [0.2, 0.25) is 15.1 Å². The highest BCUT2D eigenvalue weighted by Crippen LogP contribution is 2.31. The highest BCUT2D eigenvalue weighted by Gasteiger charge is 2.22. The van der Waals surface area contributed by atoms with Gasteiger partial charge in [-0.15, -0.1) is 0 Å². The molecular formula is C16H9BrCl3N5O2. The molecule has 0 aliphatic rings. The molecule has 0 saturated carbocycles. The van der Waals surface area contributed by atoms with Crippen molar-refractivity contribution in [1.82, 2.24) is 14.8 Å². The first kappa shape index (κ1) is 19.6. The van der Waals surface area contributed by atoms with Crippen LogP contribution in [0.5, 0.6) is 0 Å². The van der Waals surface area contributed by atoms with Crippen LogP contribution in [-0.4, -0.2) is 26.6 Å². The number of carbonyl (C=O) groups is 2. The highest BCUT2D eigenvalue weighted by molar-refractivity contribution is 9.10. The maximum atomic E-state index is 12.8. The lowest BCUT2D eigenvalue weighted by molar-refractivity contribution is 0.100. The number of carbonyl (C=O) groups excluding carboxylic acids is 2. The molecule has 138 valence electrons. The van der Waals surface area contributed by atoms with Gasteiger partial charge in [-0.05, 0) is 40.2 Å². The summed E-state index contributed by atoms with van der Waals surface area (Å²) in [6, 6.07) is 7.43. The maximum absolute atomic E-state index is 12.8. The van der Waals surface area contributed by atoms with Crippen LogP contribution in [0.3, 0.4) is 0 Å². The Hall–Kier alpha value is -2.13. The fraction of sp³-hybridized carbons (Fsp3) is 0. The number of pyridine rings is 1. The second-order valence-corrected chi connectivity index (χ2v) is 7.26. The van der Waals surface area contributed by atoms with Gasteiger partial charge in [0.2, 0.25) is 0 Å². The van der Waals surface area contributed by atoms with E-state index in [9.17, 15) is 9.59 Å². The Morgan fingerprint density at radius 1 is 1.15 bits per heavy atom. The van der Waals surface area contributed by atoms with E-state index in [0.29, 0.717) is 9.63 Å². The summed E-state index contributed by atoms with van der Waals surface area (Å²) in [5, 5.41) is 7.31. The summed E-state index contributed by atoms with van der Waals surface area (Å²) in [5.74, 6) is -1.15. The van der Waals surface area contributed by atoms with Gasteiger partial charge in [0.25, 0.3) is 11.8 Å². The van der Waals surface area contributed by atoms with Crippen molar-refractivity contribution in [2.24, 2.45) is 5.73 Å². The van der Waals surface area contributed by atoms with Gasteiger partial charge in [0.15, 0.2) is 5.82 Å². The average Bonchev–Trinajstić information content (AvgIpc) is 2.99. The normalized spacial score (nSPS) is 10.7. The molecule has 0 atom stereocenters. The van der Waals surface area contributed by atoms with Crippen LogP contribution < -0.4 is 11.1 Å². The number of nitrogens with zero attached hydrogens (tertiary/aromatic N) is 3. The first-order chi connectivity index (χ1) is 12.8. The van der Waals surface area contributed by atoms with Crippen LogP contribution in [0.15, 0.2) is 41.1 Å². The molecule has 3 aromatic rings. The van der Waals surface area contributed by atoms with E-state index < -0.39 is 11.8 Å². The summed E-state index contributed by atoms with van der Waals surface area (Å²) in [7, 11) is 0. The molecule has 1 aromatic carbocycles. The Kier molecular flexibility index (Phi) is 5.71. The number of amides is 2. The van der Waals surface area contributed by atoms with Gasteiger partial charge in [0, 0.05) is 17.3 Å². The van der Waals surface area contributed by atoms with Crippen LogP contribution in [0.1, 0.15) is 20.8 Å². The van der Waals surface area contributed by atoms with Crippen molar-refractivity contribution in [3.8, 4) is 5.82 Å². The molecule has 0 spiro atoms. The van der Waals surface area contributed by atoms with Crippen LogP contribution in [0.25, 0.3) is 5.82 Å². The predicted octanol–water partition coefficient (Wildman–Crippen LogP) is 4.34. The fourth-order valence-corrected chi connectivity index (χ4v) is 3.40. The Balaban J connectivity index is 2.05. The summed E-state index contributed by atoms with van der Waals surface area (Å²) in [6.45, 7) is 0. The molecule has 0 aliphatic heterocycles. The molecule has 27 heavy (non-hydrogen) atoms. The van der Waals surface area contributed by atoms with Crippen molar-refractivity contribution in [3.05, 3.63) is 67.5 Å². The predicted molar refractivity (Wildman–Crippen MR) is 107 cm³/mol. The van der Waals surface area contributed by atoms with Crippen LogP contribution in [0.4, 0.5) is 5.69 Å². The Morgan fingerprint density at radius 3 is 2.56 bits per heavy atom. The average molecular weight is 490 g/mol. The summed E-state index contributed by atoms with van der Waals surface area (Å²) in [5.41, 5.74) is 5.46. The molecule has 0 unspecified atom stereocenters. The number of primary amides is 1. The number of rotatable bonds is 4. The molecule has 2 aromatic heterocycles. The summed E-state index contributed by atoms with van der Waals surface area (Å²) >= 11 is 21.4. The maximum Gasteiger partial charge on any atom is 0.274 e. The third-order valence-corrected chi connectivity index (χ3v) is 4.61. The van der Waals surface area contributed by atoms with Crippen molar-refractivity contribution in [2.45, 2.75) is 0 Å². The topological polar surface area (TPSA) is 103 Å². The summed E-state index contributed by atoms with van der Waals surface area (Å²) in [6.07, 6.45) is 1.51. The van der Waals surface area contributed by atoms with E-state index in [0.717, 1.165) is 0 Å². The zero-order chi connectivity index (χ0) is 19.7. The van der Waals surface area contributed by atoms with E-state index in [1.165, 1.54) is 29.1 Å². The van der Waals surface area contributed by atoms with E-state index in [1.54, 1.807) is 12.1 Å². The van der Waals surface area contributed by atoms with Gasteiger partial charge in [-0.25, -0.2) is 9.67 Å². The molecular weight excluding hydrogens is 480 g/mol. The Bertz CT molecular complexity index is 1070. The molecule has 0 saturated heterocycles. The van der Waals surface area contributed by atoms with Crippen molar-refractivity contribution >= 4 is 68.2 Å². The molecule has 3 rings (SSSR count). The molecule has 7 nitrogen and oxygen atoms in total. The molecule has 2 amide bonds. The lowest BCUT2D eigenvalue weighted by Gasteiger charge is -2.12. The van der Waals surface area contributed by atoms with Crippen molar-refractivity contribution in [1.29, 1.82) is 0 Å². The Morgan fingerprint density at radius 2 is 1.89 bits per heavy atom. The third kappa shape index (κ3) is 4.08. The smallest absolute Gasteiger partial charge is 0.274 e. The van der Waals surface area contributed by atoms with Gasteiger partial charge in [-0.2, -0.15) is 5.10 Å². The number of hydrogen-bond donors (Lipinski definition) is 2. The van der Waals surface area contributed by atoms with Crippen molar-refractivity contribution < 1.29 is 9.59 Å². The van der Waals surface area contributed by atoms with Gasteiger partial charge < -0.3 is 11.1 Å². The number of hydrogen-bond acceptors (Lipinski definition) is 4.